The molecule has 3 rings (SSSR count). The van der Waals surface area contributed by atoms with Crippen molar-refractivity contribution in [3.05, 3.63) is 71.5 Å². The molecule has 1 aliphatic rings. The molecule has 1 fully saturated rings. The number of benzene rings is 2. The van der Waals surface area contributed by atoms with Crippen molar-refractivity contribution >= 4 is 5.91 Å². The van der Waals surface area contributed by atoms with Gasteiger partial charge in [-0.2, -0.15) is 0 Å². The Morgan fingerprint density at radius 3 is 2.71 bits per heavy atom. The molecule has 3 atom stereocenters. The van der Waals surface area contributed by atoms with Crippen LogP contribution in [0.5, 0.6) is 0 Å². The molecule has 3 N–H and O–H groups in total. The largest absolute Gasteiger partial charge is 0.369 e. The van der Waals surface area contributed by atoms with Gasteiger partial charge in [-0.25, -0.2) is 4.39 Å². The minimum absolute atomic E-state index is 0.137. The van der Waals surface area contributed by atoms with Crippen molar-refractivity contribution in [2.75, 3.05) is 6.54 Å². The van der Waals surface area contributed by atoms with Gasteiger partial charge in [0.05, 0.1) is 18.8 Å². The monoisotopic (exact) mass is 328 g/mol. The number of nitrogens with one attached hydrogen (secondary N) is 1. The smallest absolute Gasteiger partial charge is 0.234 e. The molecule has 4 nitrogen and oxygen atoms in total. The zero-order valence-corrected chi connectivity index (χ0v) is 13.3. The molecular formula is C19H21FN2O2. The Morgan fingerprint density at radius 1 is 1.25 bits per heavy atom. The maximum absolute atomic E-state index is 13.3. The Hall–Kier alpha value is -2.24. The number of rotatable bonds is 6. The van der Waals surface area contributed by atoms with Crippen LogP contribution < -0.4 is 11.1 Å². The zero-order chi connectivity index (χ0) is 16.9. The molecule has 1 amide bonds. The van der Waals surface area contributed by atoms with Crippen LogP contribution in [0.3, 0.4) is 0 Å². The van der Waals surface area contributed by atoms with Gasteiger partial charge in [-0.1, -0.05) is 42.5 Å². The van der Waals surface area contributed by atoms with Crippen LogP contribution in [0.2, 0.25) is 0 Å². The molecule has 1 heterocycles. The van der Waals surface area contributed by atoms with Crippen LogP contribution in [0.4, 0.5) is 4.39 Å². The van der Waals surface area contributed by atoms with Gasteiger partial charge in [0.25, 0.3) is 0 Å². The van der Waals surface area contributed by atoms with Gasteiger partial charge in [0, 0.05) is 12.5 Å². The van der Waals surface area contributed by atoms with Crippen LogP contribution in [0.1, 0.15) is 23.7 Å². The van der Waals surface area contributed by atoms with Crippen molar-refractivity contribution in [3.63, 3.8) is 0 Å². The molecule has 0 aromatic heterocycles. The molecule has 1 aliphatic heterocycles. The van der Waals surface area contributed by atoms with Crippen molar-refractivity contribution < 1.29 is 13.9 Å². The van der Waals surface area contributed by atoms with E-state index >= 15 is 0 Å². The average Bonchev–Trinajstić information content (AvgIpc) is 3.06. The Bertz CT molecular complexity index is 693. The number of hydrogen-bond acceptors (Lipinski definition) is 3. The van der Waals surface area contributed by atoms with Gasteiger partial charge in [-0.15, -0.1) is 0 Å². The van der Waals surface area contributed by atoms with Gasteiger partial charge < -0.3 is 15.8 Å². The van der Waals surface area contributed by atoms with E-state index in [1.165, 1.54) is 12.1 Å². The van der Waals surface area contributed by atoms with E-state index in [0.717, 1.165) is 11.1 Å². The van der Waals surface area contributed by atoms with E-state index in [9.17, 15) is 9.18 Å². The topological polar surface area (TPSA) is 64.4 Å². The standard InChI is InChI=1S/C19H21FN2O2/c20-16-8-4-5-13(9-16)12-24-18(14-6-2-1-3-7-14)15-10-17(19(21)23)22-11-15/h1-9,15,17-18,22H,10-12H2,(H2,21,23). The molecule has 0 saturated carbocycles. The number of carbonyl (C=O) groups excluding carboxylic acids is 1. The fraction of sp³-hybridized carbons (Fsp3) is 0.316. The van der Waals surface area contributed by atoms with Crippen LogP contribution in [0, 0.1) is 11.7 Å². The van der Waals surface area contributed by atoms with E-state index in [2.05, 4.69) is 5.32 Å². The maximum atomic E-state index is 13.3. The second kappa shape index (κ2) is 7.55. The van der Waals surface area contributed by atoms with E-state index in [1.807, 2.05) is 36.4 Å². The lowest BCUT2D eigenvalue weighted by molar-refractivity contribution is -0.119. The third-order valence-electron chi connectivity index (χ3n) is 4.38. The normalized spacial score (nSPS) is 21.5. The quantitative estimate of drug-likeness (QED) is 0.856. The minimum atomic E-state index is -0.338. The fourth-order valence-corrected chi connectivity index (χ4v) is 3.17. The average molecular weight is 328 g/mol. The summed E-state index contributed by atoms with van der Waals surface area (Å²) >= 11 is 0. The summed E-state index contributed by atoms with van der Waals surface area (Å²) in [6.07, 6.45) is 0.462. The first-order valence-corrected chi connectivity index (χ1v) is 8.07. The van der Waals surface area contributed by atoms with E-state index < -0.39 is 0 Å². The molecule has 2 aromatic carbocycles. The highest BCUT2D eigenvalue weighted by Gasteiger charge is 2.34. The molecule has 0 bridgehead atoms. The number of amides is 1. The molecule has 0 radical (unpaired) electrons. The summed E-state index contributed by atoms with van der Waals surface area (Å²) in [7, 11) is 0. The fourth-order valence-electron chi connectivity index (χ4n) is 3.17. The maximum Gasteiger partial charge on any atom is 0.234 e. The third-order valence-corrected chi connectivity index (χ3v) is 4.38. The lowest BCUT2D eigenvalue weighted by Crippen LogP contribution is -2.36. The summed E-state index contributed by atoms with van der Waals surface area (Å²) < 4.78 is 19.5. The molecule has 0 spiro atoms. The Labute approximate surface area is 140 Å². The first-order chi connectivity index (χ1) is 11.6. The highest BCUT2D eigenvalue weighted by Crippen LogP contribution is 2.33. The molecule has 2 aromatic rings. The van der Waals surface area contributed by atoms with E-state index in [0.29, 0.717) is 19.6 Å². The Balaban J connectivity index is 1.74. The third kappa shape index (κ3) is 3.99. The highest BCUT2D eigenvalue weighted by atomic mass is 19.1. The summed E-state index contributed by atoms with van der Waals surface area (Å²) in [5, 5.41) is 3.15. The second-order valence-electron chi connectivity index (χ2n) is 6.13. The predicted octanol–water partition coefficient (Wildman–Crippen LogP) is 2.55. The zero-order valence-electron chi connectivity index (χ0n) is 13.3. The van der Waals surface area contributed by atoms with Crippen molar-refractivity contribution in [1.29, 1.82) is 0 Å². The van der Waals surface area contributed by atoms with Crippen LogP contribution in [0.25, 0.3) is 0 Å². The summed E-state index contributed by atoms with van der Waals surface area (Å²) in [4.78, 5) is 11.4. The molecule has 24 heavy (non-hydrogen) atoms. The number of hydrogen-bond donors (Lipinski definition) is 2. The van der Waals surface area contributed by atoms with Crippen molar-refractivity contribution in [2.24, 2.45) is 11.7 Å². The van der Waals surface area contributed by atoms with Crippen molar-refractivity contribution in [3.8, 4) is 0 Å². The highest BCUT2D eigenvalue weighted by molar-refractivity contribution is 5.80. The molecular weight excluding hydrogens is 307 g/mol. The van der Waals surface area contributed by atoms with Crippen LogP contribution >= 0.6 is 0 Å². The van der Waals surface area contributed by atoms with E-state index in [1.54, 1.807) is 6.07 Å². The van der Waals surface area contributed by atoms with E-state index in [4.69, 9.17) is 10.5 Å². The number of primary amides is 1. The van der Waals surface area contributed by atoms with Crippen LogP contribution in [0.15, 0.2) is 54.6 Å². The Kier molecular flexibility index (Phi) is 5.23. The predicted molar refractivity (Wildman–Crippen MR) is 89.5 cm³/mol. The number of halogens is 1. The van der Waals surface area contributed by atoms with Gasteiger partial charge in [-0.3, -0.25) is 4.79 Å². The molecule has 126 valence electrons. The molecule has 3 unspecified atom stereocenters. The molecule has 0 aliphatic carbocycles. The van der Waals surface area contributed by atoms with Gasteiger partial charge in [0.15, 0.2) is 0 Å². The SMILES string of the molecule is NC(=O)C1CC(C(OCc2cccc(F)c2)c2ccccc2)CN1. The summed E-state index contributed by atoms with van der Waals surface area (Å²) in [6.45, 7) is 0.978. The minimum Gasteiger partial charge on any atom is -0.369 e. The number of carbonyl (C=O) groups is 1. The number of nitrogens with two attached hydrogens (primary N) is 1. The van der Waals surface area contributed by atoms with Gasteiger partial charge >= 0.3 is 0 Å². The molecule has 5 heteroatoms. The molecule has 1 saturated heterocycles. The summed E-state index contributed by atoms with van der Waals surface area (Å²) in [5.74, 6) is -0.475. The van der Waals surface area contributed by atoms with Crippen LogP contribution in [-0.4, -0.2) is 18.5 Å². The van der Waals surface area contributed by atoms with Gasteiger partial charge in [0.1, 0.15) is 5.82 Å². The number of ether oxygens (including phenoxy) is 1. The summed E-state index contributed by atoms with van der Waals surface area (Å²) in [5.41, 5.74) is 7.23. The van der Waals surface area contributed by atoms with Gasteiger partial charge in [-0.05, 0) is 29.7 Å². The first kappa shape index (κ1) is 16.6. The van der Waals surface area contributed by atoms with Crippen LogP contribution in [-0.2, 0) is 16.1 Å². The van der Waals surface area contributed by atoms with Gasteiger partial charge in [0.2, 0.25) is 5.91 Å². The Morgan fingerprint density at radius 2 is 2.04 bits per heavy atom. The lowest BCUT2D eigenvalue weighted by Gasteiger charge is -2.24. The van der Waals surface area contributed by atoms with Crippen molar-refractivity contribution in [1.82, 2.24) is 5.32 Å². The summed E-state index contributed by atoms with van der Waals surface area (Å²) in [6, 6.07) is 16.0. The lowest BCUT2D eigenvalue weighted by atomic mass is 9.93. The second-order valence-corrected chi connectivity index (χ2v) is 6.13. The van der Waals surface area contributed by atoms with Crippen molar-refractivity contribution in [2.45, 2.75) is 25.2 Å². The van der Waals surface area contributed by atoms with E-state index in [-0.39, 0.29) is 29.8 Å². The first-order valence-electron chi connectivity index (χ1n) is 8.07.